The van der Waals surface area contributed by atoms with Gasteiger partial charge in [-0.25, -0.2) is 4.79 Å². The Morgan fingerprint density at radius 3 is 2.34 bits per heavy atom. The number of benzene rings is 1. The SMILES string of the molecule is CC(C)CC(C(=O)O)N1C(=O)C(=Cc2ccc(-c3ccc(OC(C)C)cc3)cn2)SC1=S. The molecule has 1 unspecified atom stereocenters. The van der Waals surface area contributed by atoms with Crippen molar-refractivity contribution in [3.63, 3.8) is 0 Å². The highest BCUT2D eigenvalue weighted by atomic mass is 32.2. The van der Waals surface area contributed by atoms with E-state index in [0.717, 1.165) is 28.6 Å². The number of carboxylic acids is 1. The quantitative estimate of drug-likeness (QED) is 0.418. The number of nitrogens with zero attached hydrogens (tertiary/aromatic N) is 2. The molecule has 1 aliphatic heterocycles. The van der Waals surface area contributed by atoms with Crippen LogP contribution in [0.4, 0.5) is 0 Å². The number of carbonyl (C=O) groups excluding carboxylic acids is 1. The third-order valence-corrected chi connectivity index (χ3v) is 6.07. The van der Waals surface area contributed by atoms with E-state index in [0.29, 0.717) is 17.0 Å². The monoisotopic (exact) mass is 470 g/mol. The highest BCUT2D eigenvalue weighted by Crippen LogP contribution is 2.35. The molecule has 2 heterocycles. The second-order valence-corrected chi connectivity index (χ2v) is 9.87. The highest BCUT2D eigenvalue weighted by Gasteiger charge is 2.40. The van der Waals surface area contributed by atoms with Crippen LogP contribution in [-0.4, -0.2) is 43.3 Å². The highest BCUT2D eigenvalue weighted by molar-refractivity contribution is 8.26. The van der Waals surface area contributed by atoms with Crippen LogP contribution < -0.4 is 4.74 Å². The smallest absolute Gasteiger partial charge is 0.326 e. The summed E-state index contributed by atoms with van der Waals surface area (Å²) >= 11 is 6.42. The molecule has 1 fully saturated rings. The van der Waals surface area contributed by atoms with E-state index in [-0.39, 0.29) is 22.2 Å². The molecule has 0 aliphatic carbocycles. The van der Waals surface area contributed by atoms with Crippen LogP contribution in [0.15, 0.2) is 47.5 Å². The van der Waals surface area contributed by atoms with Gasteiger partial charge in [-0.1, -0.05) is 56.0 Å². The normalized spacial score (nSPS) is 16.3. The molecule has 1 aromatic heterocycles. The number of rotatable bonds is 8. The maximum absolute atomic E-state index is 12.9. The van der Waals surface area contributed by atoms with Crippen LogP contribution in [0.3, 0.4) is 0 Å². The molecule has 0 spiro atoms. The Morgan fingerprint density at radius 2 is 1.81 bits per heavy atom. The average molecular weight is 471 g/mol. The number of carbonyl (C=O) groups is 2. The first-order valence-corrected chi connectivity index (χ1v) is 11.6. The summed E-state index contributed by atoms with van der Waals surface area (Å²) < 4.78 is 5.93. The van der Waals surface area contributed by atoms with E-state index in [1.54, 1.807) is 12.3 Å². The first kappa shape index (κ1) is 23.9. The third-order valence-electron chi connectivity index (χ3n) is 4.74. The lowest BCUT2D eigenvalue weighted by atomic mass is 10.0. The molecule has 1 aromatic carbocycles. The van der Waals surface area contributed by atoms with E-state index < -0.39 is 12.0 Å². The zero-order valence-electron chi connectivity index (χ0n) is 18.4. The second kappa shape index (κ2) is 10.3. The molecule has 1 amide bonds. The number of thiocarbonyl (C=S) groups is 1. The Morgan fingerprint density at radius 1 is 1.16 bits per heavy atom. The number of aliphatic carboxylic acids is 1. The van der Waals surface area contributed by atoms with Gasteiger partial charge in [-0.2, -0.15) is 0 Å². The zero-order chi connectivity index (χ0) is 23.4. The van der Waals surface area contributed by atoms with E-state index in [1.165, 1.54) is 4.90 Å². The Bertz CT molecular complexity index is 1030. The van der Waals surface area contributed by atoms with Gasteiger partial charge in [0, 0.05) is 11.8 Å². The number of aromatic nitrogens is 1. The minimum atomic E-state index is -1.05. The van der Waals surface area contributed by atoms with Crippen molar-refractivity contribution in [2.45, 2.75) is 46.3 Å². The molecule has 1 saturated heterocycles. The van der Waals surface area contributed by atoms with Crippen molar-refractivity contribution >= 4 is 46.3 Å². The van der Waals surface area contributed by atoms with Crippen molar-refractivity contribution in [2.24, 2.45) is 5.92 Å². The standard InChI is InChI=1S/C24H26N2O4S2/c1-14(2)11-20(23(28)29)26-22(27)21(32-24(26)31)12-18-8-5-17(13-25-18)16-6-9-19(10-7-16)30-15(3)4/h5-10,12-15,20H,11H2,1-4H3,(H,28,29). The molecule has 0 saturated carbocycles. The average Bonchev–Trinajstić information content (AvgIpc) is 2.99. The van der Waals surface area contributed by atoms with Crippen LogP contribution in [0.25, 0.3) is 17.2 Å². The lowest BCUT2D eigenvalue weighted by molar-refractivity contribution is -0.145. The summed E-state index contributed by atoms with van der Waals surface area (Å²) in [6.45, 7) is 7.80. The summed E-state index contributed by atoms with van der Waals surface area (Å²) in [6.07, 6.45) is 3.84. The van der Waals surface area contributed by atoms with Gasteiger partial charge in [0.15, 0.2) is 0 Å². The van der Waals surface area contributed by atoms with Gasteiger partial charge in [0.25, 0.3) is 5.91 Å². The second-order valence-electron chi connectivity index (χ2n) is 8.20. The predicted octanol–water partition coefficient (Wildman–Crippen LogP) is 5.24. The number of ether oxygens (including phenoxy) is 1. The molecular weight excluding hydrogens is 444 g/mol. The molecule has 8 heteroatoms. The summed E-state index contributed by atoms with van der Waals surface area (Å²) in [5.74, 6) is -0.513. The van der Waals surface area contributed by atoms with Crippen LogP contribution in [0, 0.1) is 5.92 Å². The number of hydrogen-bond acceptors (Lipinski definition) is 6. The van der Waals surface area contributed by atoms with Gasteiger partial charge < -0.3 is 9.84 Å². The Hall–Kier alpha value is -2.71. The molecule has 0 radical (unpaired) electrons. The van der Waals surface area contributed by atoms with Crippen molar-refractivity contribution in [1.29, 1.82) is 0 Å². The van der Waals surface area contributed by atoms with E-state index in [1.807, 2.05) is 64.1 Å². The van der Waals surface area contributed by atoms with Crippen LogP contribution in [0.5, 0.6) is 5.75 Å². The summed E-state index contributed by atoms with van der Waals surface area (Å²) in [6, 6.07) is 10.6. The number of amides is 1. The maximum atomic E-state index is 12.9. The molecule has 2 aromatic rings. The number of hydrogen-bond donors (Lipinski definition) is 1. The Labute approximate surface area is 197 Å². The summed E-state index contributed by atoms with van der Waals surface area (Å²) in [5, 5.41) is 9.59. The van der Waals surface area contributed by atoms with Gasteiger partial charge in [-0.05, 0) is 56.0 Å². The van der Waals surface area contributed by atoms with E-state index in [4.69, 9.17) is 17.0 Å². The topological polar surface area (TPSA) is 79.7 Å². The first-order valence-electron chi connectivity index (χ1n) is 10.4. The molecule has 32 heavy (non-hydrogen) atoms. The van der Waals surface area contributed by atoms with Crippen LogP contribution in [0.2, 0.25) is 0 Å². The van der Waals surface area contributed by atoms with Crippen LogP contribution in [-0.2, 0) is 9.59 Å². The first-order chi connectivity index (χ1) is 15.2. The van der Waals surface area contributed by atoms with E-state index in [2.05, 4.69) is 4.98 Å². The lowest BCUT2D eigenvalue weighted by Crippen LogP contribution is -2.44. The van der Waals surface area contributed by atoms with Crippen molar-refractivity contribution in [3.05, 3.63) is 53.2 Å². The van der Waals surface area contributed by atoms with Gasteiger partial charge in [0.2, 0.25) is 0 Å². The third kappa shape index (κ3) is 5.75. The van der Waals surface area contributed by atoms with Gasteiger partial charge >= 0.3 is 5.97 Å². The number of carboxylic acid groups (broad SMARTS) is 1. The summed E-state index contributed by atoms with van der Waals surface area (Å²) in [5.41, 5.74) is 2.54. The molecule has 0 bridgehead atoms. The molecular formula is C24H26N2O4S2. The van der Waals surface area contributed by atoms with Crippen molar-refractivity contribution in [2.75, 3.05) is 0 Å². The fraction of sp³-hybridized carbons (Fsp3) is 0.333. The lowest BCUT2D eigenvalue weighted by Gasteiger charge is -2.24. The van der Waals surface area contributed by atoms with Gasteiger partial charge in [-0.15, -0.1) is 0 Å². The van der Waals surface area contributed by atoms with E-state index >= 15 is 0 Å². The van der Waals surface area contributed by atoms with Gasteiger partial charge in [0.1, 0.15) is 16.1 Å². The zero-order valence-corrected chi connectivity index (χ0v) is 20.1. The fourth-order valence-electron chi connectivity index (χ4n) is 3.31. The van der Waals surface area contributed by atoms with Gasteiger partial charge in [0.05, 0.1) is 16.7 Å². The molecule has 6 nitrogen and oxygen atoms in total. The minimum absolute atomic E-state index is 0.116. The minimum Gasteiger partial charge on any atom is -0.491 e. The van der Waals surface area contributed by atoms with Crippen molar-refractivity contribution < 1.29 is 19.4 Å². The Balaban J connectivity index is 1.77. The summed E-state index contributed by atoms with van der Waals surface area (Å²) in [7, 11) is 0. The molecule has 168 valence electrons. The number of pyridine rings is 1. The molecule has 1 atom stereocenters. The van der Waals surface area contributed by atoms with E-state index in [9.17, 15) is 14.7 Å². The van der Waals surface area contributed by atoms with Crippen molar-refractivity contribution in [1.82, 2.24) is 9.88 Å². The summed E-state index contributed by atoms with van der Waals surface area (Å²) in [4.78, 5) is 30.6. The van der Waals surface area contributed by atoms with Crippen LogP contribution >= 0.6 is 24.0 Å². The molecule has 1 N–H and O–H groups in total. The molecule has 1 aliphatic rings. The van der Waals surface area contributed by atoms with Gasteiger partial charge in [-0.3, -0.25) is 14.7 Å². The van der Waals surface area contributed by atoms with Crippen molar-refractivity contribution in [3.8, 4) is 16.9 Å². The fourth-order valence-corrected chi connectivity index (χ4v) is 4.65. The largest absolute Gasteiger partial charge is 0.491 e. The Kier molecular flexibility index (Phi) is 7.69. The number of thioether (sulfide) groups is 1. The maximum Gasteiger partial charge on any atom is 0.326 e. The predicted molar refractivity (Wildman–Crippen MR) is 131 cm³/mol. The molecule has 3 rings (SSSR count). The van der Waals surface area contributed by atoms with Crippen LogP contribution in [0.1, 0.15) is 39.8 Å².